The molecule has 3 heterocycles. The maximum absolute atomic E-state index is 13.3. The predicted octanol–water partition coefficient (Wildman–Crippen LogP) is 3.63. The number of para-hydroxylation sites is 1. The molecule has 0 spiro atoms. The minimum absolute atomic E-state index is 0.0938. The number of hydrogen-bond donors (Lipinski definition) is 3. The molecule has 2 aromatic carbocycles. The lowest BCUT2D eigenvalue weighted by molar-refractivity contribution is 0.0730. The summed E-state index contributed by atoms with van der Waals surface area (Å²) in [4.78, 5) is 19.1. The summed E-state index contributed by atoms with van der Waals surface area (Å²) < 4.78 is 0. The number of aromatic nitrogens is 3. The molecule has 1 aliphatic rings. The van der Waals surface area contributed by atoms with E-state index in [2.05, 4.69) is 15.2 Å². The average Bonchev–Trinajstić information content (AvgIpc) is 3.30. The van der Waals surface area contributed by atoms with Gasteiger partial charge in [0.05, 0.1) is 6.04 Å². The van der Waals surface area contributed by atoms with Gasteiger partial charge in [0, 0.05) is 30.1 Å². The van der Waals surface area contributed by atoms with Gasteiger partial charge in [-0.15, -0.1) is 0 Å². The molecule has 7 nitrogen and oxygen atoms in total. The second kappa shape index (κ2) is 7.04. The van der Waals surface area contributed by atoms with E-state index in [0.717, 1.165) is 11.1 Å². The van der Waals surface area contributed by atoms with Gasteiger partial charge in [0.2, 0.25) is 0 Å². The maximum atomic E-state index is 13.3. The normalized spacial score (nSPS) is 15.4. The molecule has 1 aliphatic heterocycles. The zero-order valence-electron chi connectivity index (χ0n) is 15.9. The van der Waals surface area contributed by atoms with Crippen LogP contribution in [0.3, 0.4) is 0 Å². The Morgan fingerprint density at radius 3 is 2.43 bits per heavy atom. The predicted molar refractivity (Wildman–Crippen MR) is 110 cm³/mol. The van der Waals surface area contributed by atoms with Crippen LogP contribution in [0.5, 0.6) is 11.5 Å². The van der Waals surface area contributed by atoms with Crippen LogP contribution < -0.4 is 0 Å². The molecule has 148 valence electrons. The molecule has 30 heavy (non-hydrogen) atoms. The molecule has 4 aromatic rings. The number of phenols is 2. The van der Waals surface area contributed by atoms with Gasteiger partial charge in [0.15, 0.2) is 0 Å². The number of H-pyrrole nitrogens is 1. The van der Waals surface area contributed by atoms with E-state index in [1.807, 2.05) is 18.2 Å². The summed E-state index contributed by atoms with van der Waals surface area (Å²) in [5.41, 5.74) is 3.99. The number of hydrogen-bond acceptors (Lipinski definition) is 5. The number of amides is 1. The van der Waals surface area contributed by atoms with E-state index in [1.165, 1.54) is 0 Å². The zero-order valence-corrected chi connectivity index (χ0v) is 15.9. The van der Waals surface area contributed by atoms with Crippen molar-refractivity contribution in [3.8, 4) is 22.8 Å². The second-order valence-electron chi connectivity index (χ2n) is 7.16. The fourth-order valence-electron chi connectivity index (χ4n) is 3.93. The van der Waals surface area contributed by atoms with Crippen LogP contribution in [-0.4, -0.2) is 36.2 Å². The Labute approximate surface area is 172 Å². The van der Waals surface area contributed by atoms with Crippen LogP contribution in [0.4, 0.5) is 0 Å². The van der Waals surface area contributed by atoms with E-state index in [4.69, 9.17) is 0 Å². The molecule has 1 amide bonds. The molecule has 5 rings (SSSR count). The first kappa shape index (κ1) is 17.9. The summed E-state index contributed by atoms with van der Waals surface area (Å²) >= 11 is 0. The quantitative estimate of drug-likeness (QED) is 0.487. The number of nitrogens with zero attached hydrogens (tertiary/aromatic N) is 3. The highest BCUT2D eigenvalue weighted by Gasteiger charge is 2.42. The van der Waals surface area contributed by atoms with Crippen LogP contribution in [0, 0.1) is 0 Å². The van der Waals surface area contributed by atoms with Gasteiger partial charge in [0.1, 0.15) is 22.9 Å². The minimum atomic E-state index is -0.422. The zero-order chi connectivity index (χ0) is 20.7. The fourth-order valence-corrected chi connectivity index (χ4v) is 3.93. The first-order valence-electron chi connectivity index (χ1n) is 9.49. The van der Waals surface area contributed by atoms with Crippen LogP contribution in [0.2, 0.25) is 0 Å². The minimum Gasteiger partial charge on any atom is -0.508 e. The summed E-state index contributed by atoms with van der Waals surface area (Å²) in [6.07, 6.45) is 3.39. The van der Waals surface area contributed by atoms with Gasteiger partial charge in [-0.2, -0.15) is 5.10 Å². The monoisotopic (exact) mass is 398 g/mol. The third kappa shape index (κ3) is 2.88. The second-order valence-corrected chi connectivity index (χ2v) is 7.16. The van der Waals surface area contributed by atoms with Crippen LogP contribution >= 0.6 is 0 Å². The van der Waals surface area contributed by atoms with Gasteiger partial charge >= 0.3 is 0 Å². The number of aromatic amines is 1. The van der Waals surface area contributed by atoms with Crippen molar-refractivity contribution in [2.24, 2.45) is 0 Å². The van der Waals surface area contributed by atoms with E-state index >= 15 is 0 Å². The number of fused-ring (bicyclic) bond motifs is 1. The number of phenolic OH excluding ortho intramolecular Hbond substituents is 2. The van der Waals surface area contributed by atoms with Crippen molar-refractivity contribution >= 4 is 5.91 Å². The Bertz CT molecular complexity index is 1220. The molecule has 7 heteroatoms. The standard InChI is InChI=1S/C23H18N4O3/c28-16-7-5-15(6-8-16)22-19-20(17-3-1-2-4-18(17)29)25-26-21(19)23(30)27(22)13-14-9-11-24-12-10-14/h1-12,22,28-29H,13H2,(H,25,26). The number of pyridine rings is 1. The van der Waals surface area contributed by atoms with Crippen molar-refractivity contribution in [2.45, 2.75) is 12.6 Å². The topological polar surface area (TPSA) is 102 Å². The number of rotatable bonds is 4. The highest BCUT2D eigenvalue weighted by Crippen LogP contribution is 2.45. The van der Waals surface area contributed by atoms with E-state index in [-0.39, 0.29) is 17.4 Å². The van der Waals surface area contributed by atoms with Crippen LogP contribution in [0.15, 0.2) is 73.1 Å². The summed E-state index contributed by atoms with van der Waals surface area (Å²) in [6.45, 7) is 0.385. The van der Waals surface area contributed by atoms with Crippen molar-refractivity contribution < 1.29 is 15.0 Å². The number of benzene rings is 2. The van der Waals surface area contributed by atoms with Gasteiger partial charge in [-0.25, -0.2) is 0 Å². The number of carbonyl (C=O) groups is 1. The van der Waals surface area contributed by atoms with Gasteiger partial charge < -0.3 is 15.1 Å². The Morgan fingerprint density at radius 1 is 0.967 bits per heavy atom. The lowest BCUT2D eigenvalue weighted by Gasteiger charge is -2.26. The first-order chi connectivity index (χ1) is 14.6. The Balaban J connectivity index is 1.67. The third-order valence-corrected chi connectivity index (χ3v) is 5.33. The Kier molecular flexibility index (Phi) is 4.21. The van der Waals surface area contributed by atoms with Crippen molar-refractivity contribution in [2.75, 3.05) is 0 Å². The number of aromatic hydroxyl groups is 2. The maximum Gasteiger partial charge on any atom is 0.273 e. The van der Waals surface area contributed by atoms with Gasteiger partial charge in [0.25, 0.3) is 5.91 Å². The Morgan fingerprint density at radius 2 is 1.70 bits per heavy atom. The van der Waals surface area contributed by atoms with Gasteiger partial charge in [-0.05, 0) is 47.5 Å². The lowest BCUT2D eigenvalue weighted by Crippen LogP contribution is -2.29. The van der Waals surface area contributed by atoms with Crippen molar-refractivity contribution in [1.82, 2.24) is 20.1 Å². The lowest BCUT2D eigenvalue weighted by atomic mass is 9.95. The van der Waals surface area contributed by atoms with Crippen LogP contribution in [-0.2, 0) is 6.54 Å². The SMILES string of the molecule is O=C1c2[nH]nc(-c3ccccc3O)c2C(c2ccc(O)cc2)N1Cc1ccncc1. The molecule has 0 saturated carbocycles. The molecule has 1 unspecified atom stereocenters. The summed E-state index contributed by atoms with van der Waals surface area (Å²) in [7, 11) is 0. The fraction of sp³-hybridized carbons (Fsp3) is 0.0870. The number of nitrogens with one attached hydrogen (secondary N) is 1. The molecule has 2 aromatic heterocycles. The van der Waals surface area contributed by atoms with E-state index in [1.54, 1.807) is 59.8 Å². The number of carbonyl (C=O) groups excluding carboxylic acids is 1. The van der Waals surface area contributed by atoms with Gasteiger partial charge in [-0.3, -0.25) is 14.9 Å². The molecule has 0 bridgehead atoms. The molecular weight excluding hydrogens is 380 g/mol. The Hall–Kier alpha value is -4.13. The van der Waals surface area contributed by atoms with Crippen molar-refractivity contribution in [3.63, 3.8) is 0 Å². The molecule has 3 N–H and O–H groups in total. The molecule has 0 fully saturated rings. The summed E-state index contributed by atoms with van der Waals surface area (Å²) in [5.74, 6) is 0.0717. The van der Waals surface area contributed by atoms with Crippen molar-refractivity contribution in [1.29, 1.82) is 0 Å². The largest absolute Gasteiger partial charge is 0.508 e. The molecule has 0 saturated heterocycles. The summed E-state index contributed by atoms with van der Waals surface area (Å²) in [6, 6.07) is 17.0. The molecular formula is C23H18N4O3. The van der Waals surface area contributed by atoms with Crippen LogP contribution in [0.1, 0.15) is 33.2 Å². The highest BCUT2D eigenvalue weighted by molar-refractivity contribution is 6.00. The molecule has 0 radical (unpaired) electrons. The average molecular weight is 398 g/mol. The van der Waals surface area contributed by atoms with Crippen molar-refractivity contribution in [3.05, 3.63) is 95.4 Å². The van der Waals surface area contributed by atoms with E-state index in [0.29, 0.717) is 29.1 Å². The smallest absolute Gasteiger partial charge is 0.273 e. The van der Waals surface area contributed by atoms with E-state index < -0.39 is 6.04 Å². The summed E-state index contributed by atoms with van der Waals surface area (Å²) in [5, 5.41) is 27.4. The first-order valence-corrected chi connectivity index (χ1v) is 9.49. The molecule has 0 aliphatic carbocycles. The van der Waals surface area contributed by atoms with Gasteiger partial charge in [-0.1, -0.05) is 24.3 Å². The van der Waals surface area contributed by atoms with Crippen LogP contribution in [0.25, 0.3) is 11.3 Å². The van der Waals surface area contributed by atoms with E-state index in [9.17, 15) is 15.0 Å². The molecule has 1 atom stereocenters. The highest BCUT2D eigenvalue weighted by atomic mass is 16.3. The third-order valence-electron chi connectivity index (χ3n) is 5.33.